The molecule has 0 saturated carbocycles. The van der Waals surface area contributed by atoms with Gasteiger partial charge < -0.3 is 0 Å². The van der Waals surface area contributed by atoms with E-state index in [4.69, 9.17) is 20.4 Å². The number of para-hydroxylation sites is 4. The first-order valence-corrected chi connectivity index (χ1v) is 12.6. The Morgan fingerprint density at radius 3 is 1.20 bits per heavy atom. The Hall–Kier alpha value is -5.90. The first-order valence-electron chi connectivity index (χ1n) is 12.6. The van der Waals surface area contributed by atoms with Crippen LogP contribution in [0.1, 0.15) is 11.4 Å². The number of anilines is 2. The fraction of sp³-hybridized carbons (Fsp3) is 0. The molecule has 10 heteroatoms. The van der Waals surface area contributed by atoms with Gasteiger partial charge >= 0.3 is 0 Å². The third-order valence-corrected chi connectivity index (χ3v) is 5.81. The molecule has 0 unspecified atom stereocenters. The van der Waals surface area contributed by atoms with Gasteiger partial charge in [-0.05, 0) is 48.5 Å². The van der Waals surface area contributed by atoms with Crippen LogP contribution < -0.4 is 10.9 Å². The van der Waals surface area contributed by atoms with Crippen LogP contribution in [0.25, 0.3) is 11.4 Å². The topological polar surface area (TPSA) is 110 Å². The molecule has 0 bridgehead atoms. The molecule has 4 aromatic carbocycles. The van der Waals surface area contributed by atoms with E-state index in [0.29, 0.717) is 22.8 Å². The number of aromatic nitrogens is 6. The van der Waals surface area contributed by atoms with Crippen molar-refractivity contribution >= 4 is 22.8 Å². The molecule has 0 aliphatic rings. The van der Waals surface area contributed by atoms with Gasteiger partial charge in [0.05, 0.1) is 35.1 Å². The Bertz CT molecular complexity index is 1590. The van der Waals surface area contributed by atoms with Crippen LogP contribution in [0.3, 0.4) is 0 Å². The first-order chi connectivity index (χ1) is 19.8. The summed E-state index contributed by atoms with van der Waals surface area (Å²) in [6, 6.07) is 38.7. The lowest BCUT2D eigenvalue weighted by atomic mass is 10.1. The fourth-order valence-electron chi connectivity index (χ4n) is 3.84. The highest BCUT2D eigenvalue weighted by atomic mass is 15.5. The zero-order valence-electron chi connectivity index (χ0n) is 21.3. The zero-order valence-corrected chi connectivity index (χ0v) is 21.3. The number of hydrogen-bond donors (Lipinski definition) is 2. The highest BCUT2D eigenvalue weighted by Crippen LogP contribution is 2.14. The van der Waals surface area contributed by atoms with Crippen LogP contribution in [0.4, 0.5) is 11.4 Å². The van der Waals surface area contributed by atoms with E-state index in [1.807, 2.05) is 121 Å². The molecule has 6 aromatic rings. The van der Waals surface area contributed by atoms with Gasteiger partial charge in [0.2, 0.25) is 0 Å². The smallest absolute Gasteiger partial charge is 0.142 e. The van der Waals surface area contributed by atoms with Gasteiger partial charge in [0.25, 0.3) is 0 Å². The molecule has 2 N–H and O–H groups in total. The molecule has 2 heterocycles. The van der Waals surface area contributed by atoms with Crippen LogP contribution in [0, 0.1) is 0 Å². The van der Waals surface area contributed by atoms with Gasteiger partial charge in [-0.25, -0.2) is 0 Å². The van der Waals surface area contributed by atoms with Crippen molar-refractivity contribution in [2.24, 2.45) is 10.2 Å². The molecule has 0 aliphatic heterocycles. The predicted molar refractivity (Wildman–Crippen MR) is 156 cm³/mol. The van der Waals surface area contributed by atoms with Crippen molar-refractivity contribution in [3.05, 3.63) is 145 Å². The van der Waals surface area contributed by atoms with E-state index >= 15 is 0 Å². The average Bonchev–Trinajstić information content (AvgIpc) is 3.72. The molecule has 0 aliphatic carbocycles. The normalized spacial score (nSPS) is 11.8. The molecule has 0 spiro atoms. The number of nitrogens with zero attached hydrogens (tertiary/aromatic N) is 8. The molecule has 2 aromatic heterocycles. The maximum atomic E-state index is 4.75. The van der Waals surface area contributed by atoms with E-state index in [-0.39, 0.29) is 0 Å². The fourth-order valence-corrected chi connectivity index (χ4v) is 3.84. The molecule has 6 rings (SSSR count). The lowest BCUT2D eigenvalue weighted by Crippen LogP contribution is -2.22. The second-order valence-electron chi connectivity index (χ2n) is 8.59. The van der Waals surface area contributed by atoms with Crippen LogP contribution >= 0.6 is 0 Å². The quantitative estimate of drug-likeness (QED) is 0.199. The Balaban J connectivity index is 1.46. The Labute approximate surface area is 230 Å². The zero-order chi connectivity index (χ0) is 27.0. The highest BCUT2D eigenvalue weighted by Gasteiger charge is 2.22. The van der Waals surface area contributed by atoms with Crippen molar-refractivity contribution in [1.82, 2.24) is 30.0 Å². The van der Waals surface area contributed by atoms with E-state index in [9.17, 15) is 0 Å². The Kier molecular flexibility index (Phi) is 7.12. The van der Waals surface area contributed by atoms with E-state index in [2.05, 4.69) is 21.0 Å². The largest absolute Gasteiger partial charge is 0.278 e. The number of rotatable bonds is 9. The highest BCUT2D eigenvalue weighted by molar-refractivity contribution is 6.52. The second-order valence-corrected chi connectivity index (χ2v) is 8.59. The van der Waals surface area contributed by atoms with E-state index in [1.165, 1.54) is 0 Å². The van der Waals surface area contributed by atoms with Gasteiger partial charge in [0.15, 0.2) is 0 Å². The van der Waals surface area contributed by atoms with Gasteiger partial charge in [-0.3, -0.25) is 10.9 Å². The van der Waals surface area contributed by atoms with E-state index in [1.54, 1.807) is 22.0 Å². The molecule has 194 valence electrons. The molecule has 0 radical (unpaired) electrons. The van der Waals surface area contributed by atoms with Crippen LogP contribution in [0.2, 0.25) is 0 Å². The third kappa shape index (κ3) is 5.65. The molecule has 10 nitrogen and oxygen atoms in total. The summed E-state index contributed by atoms with van der Waals surface area (Å²) >= 11 is 0. The number of nitrogens with one attached hydrogen (secondary N) is 2. The van der Waals surface area contributed by atoms with Crippen molar-refractivity contribution < 1.29 is 0 Å². The van der Waals surface area contributed by atoms with Gasteiger partial charge in [0.1, 0.15) is 22.8 Å². The van der Waals surface area contributed by atoms with Crippen molar-refractivity contribution in [2.75, 3.05) is 10.9 Å². The average molecular weight is 525 g/mol. The minimum absolute atomic E-state index is 0.426. The molecular formula is C30H24N10. The second kappa shape index (κ2) is 11.7. The van der Waals surface area contributed by atoms with Crippen LogP contribution in [0.5, 0.6) is 0 Å². The van der Waals surface area contributed by atoms with Crippen LogP contribution in [0.15, 0.2) is 144 Å². The molecule has 0 atom stereocenters. The number of hydrazone groups is 2. The molecule has 40 heavy (non-hydrogen) atoms. The minimum Gasteiger partial charge on any atom is -0.278 e. The summed E-state index contributed by atoms with van der Waals surface area (Å²) < 4.78 is 0. The summed E-state index contributed by atoms with van der Waals surface area (Å²) in [6.45, 7) is 0. The lowest BCUT2D eigenvalue weighted by Gasteiger charge is -2.08. The number of benzene rings is 4. The monoisotopic (exact) mass is 524 g/mol. The Morgan fingerprint density at radius 2 is 0.825 bits per heavy atom. The summed E-state index contributed by atoms with van der Waals surface area (Å²) in [4.78, 5) is 3.10. The molecule has 0 fully saturated rings. The van der Waals surface area contributed by atoms with Gasteiger partial charge in [-0.15, -0.1) is 10.2 Å². The maximum absolute atomic E-state index is 4.75. The van der Waals surface area contributed by atoms with Gasteiger partial charge in [-0.1, -0.05) is 72.8 Å². The predicted octanol–water partition coefficient (Wildman–Crippen LogP) is 5.18. The van der Waals surface area contributed by atoms with Crippen LogP contribution in [-0.2, 0) is 0 Å². The summed E-state index contributed by atoms with van der Waals surface area (Å²) in [7, 11) is 0. The Morgan fingerprint density at radius 1 is 0.475 bits per heavy atom. The van der Waals surface area contributed by atoms with E-state index in [0.717, 1.165) is 22.7 Å². The molecule has 0 saturated heterocycles. The SMILES string of the molecule is c1ccc(N/N=C(\C(=N/Nc2ccccc2)c2cnn(-c3ccccc3)n2)c2cnn(-c3ccccc3)n2)cc1. The molecular weight excluding hydrogens is 500 g/mol. The van der Waals surface area contributed by atoms with Crippen molar-refractivity contribution in [3.8, 4) is 11.4 Å². The van der Waals surface area contributed by atoms with Gasteiger partial charge in [-0.2, -0.15) is 30.0 Å². The van der Waals surface area contributed by atoms with Crippen molar-refractivity contribution in [3.63, 3.8) is 0 Å². The van der Waals surface area contributed by atoms with Crippen LogP contribution in [-0.4, -0.2) is 41.4 Å². The maximum Gasteiger partial charge on any atom is 0.142 e. The van der Waals surface area contributed by atoms with Crippen molar-refractivity contribution in [1.29, 1.82) is 0 Å². The molecule has 0 amide bonds. The third-order valence-electron chi connectivity index (χ3n) is 5.81. The summed E-state index contributed by atoms with van der Waals surface area (Å²) in [6.07, 6.45) is 3.30. The lowest BCUT2D eigenvalue weighted by molar-refractivity contribution is 0.749. The summed E-state index contributed by atoms with van der Waals surface area (Å²) in [5.74, 6) is 0. The van der Waals surface area contributed by atoms with Crippen molar-refractivity contribution in [2.45, 2.75) is 0 Å². The summed E-state index contributed by atoms with van der Waals surface area (Å²) in [5, 5.41) is 27.9. The van der Waals surface area contributed by atoms with Gasteiger partial charge in [0, 0.05) is 0 Å². The number of hydrogen-bond acceptors (Lipinski definition) is 8. The van der Waals surface area contributed by atoms with E-state index < -0.39 is 0 Å². The first kappa shape index (κ1) is 24.4. The minimum atomic E-state index is 0.426. The standard InChI is InChI=1S/C30H24N10/c1-5-13-23(14-6-1)33-35-29(27-21-31-39(37-27)25-17-9-3-10-18-25)30(36-34-24-15-7-2-8-16-24)28-22-32-40(38-28)26-19-11-4-12-20-26/h1-22,33-34H/b35-29-,36-30-. The summed E-state index contributed by atoms with van der Waals surface area (Å²) in [5.41, 5.74) is 11.3.